The fourth-order valence-corrected chi connectivity index (χ4v) is 3.79. The third-order valence-electron chi connectivity index (χ3n) is 4.42. The van der Waals surface area contributed by atoms with Gasteiger partial charge in [0.05, 0.1) is 19.8 Å². The monoisotopic (exact) mass is 328 g/mol. The molecular weight excluding hydrogens is 302 g/mol. The minimum absolute atomic E-state index is 0.836. The van der Waals surface area contributed by atoms with Crippen LogP contribution in [-0.2, 0) is 17.7 Å². The molecule has 0 radical (unpaired) electrons. The molecule has 0 saturated heterocycles. The van der Waals surface area contributed by atoms with Crippen molar-refractivity contribution in [2.45, 2.75) is 24.8 Å². The molecule has 1 aliphatic rings. The van der Waals surface area contributed by atoms with Gasteiger partial charge >= 0.3 is 0 Å². The Morgan fingerprint density at radius 2 is 1.78 bits per heavy atom. The molecule has 1 unspecified atom stereocenters. The maximum Gasteiger partial charge on any atom is 0.103 e. The van der Waals surface area contributed by atoms with Gasteiger partial charge < -0.3 is 9.64 Å². The lowest BCUT2D eigenvalue weighted by Gasteiger charge is -2.25. The van der Waals surface area contributed by atoms with Crippen molar-refractivity contribution in [1.29, 1.82) is 0 Å². The fourth-order valence-electron chi connectivity index (χ4n) is 3.03. The number of quaternary nitrogens is 1. The molecule has 2 nitrogen and oxygen atoms in total. The Kier molecular flexibility index (Phi) is 6.14. The van der Waals surface area contributed by atoms with Gasteiger partial charge in [-0.15, -0.1) is 11.8 Å². The summed E-state index contributed by atoms with van der Waals surface area (Å²) in [4.78, 5) is 2.98. The van der Waals surface area contributed by atoms with Crippen LogP contribution in [-0.4, -0.2) is 32.1 Å². The number of hydrogen-bond donors (Lipinski definition) is 1. The number of aryl methyl sites for hydroxylation is 1. The van der Waals surface area contributed by atoms with E-state index in [1.165, 1.54) is 34.6 Å². The van der Waals surface area contributed by atoms with Gasteiger partial charge in [0.1, 0.15) is 13.1 Å². The molecule has 0 bridgehead atoms. The molecule has 0 spiro atoms. The van der Waals surface area contributed by atoms with Crippen molar-refractivity contribution in [3.8, 4) is 0 Å². The summed E-state index contributed by atoms with van der Waals surface area (Å²) in [7, 11) is 0. The van der Waals surface area contributed by atoms with Crippen molar-refractivity contribution < 1.29 is 9.64 Å². The molecule has 0 aromatic heterocycles. The highest BCUT2D eigenvalue weighted by molar-refractivity contribution is 7.99. The van der Waals surface area contributed by atoms with Gasteiger partial charge in [0.25, 0.3) is 0 Å². The molecule has 1 atom stereocenters. The van der Waals surface area contributed by atoms with Crippen LogP contribution >= 0.6 is 11.8 Å². The summed E-state index contributed by atoms with van der Waals surface area (Å²) < 4.78 is 5.83. The van der Waals surface area contributed by atoms with Gasteiger partial charge in [0.2, 0.25) is 0 Å². The first-order valence-electron chi connectivity index (χ1n) is 8.49. The molecular formula is C20H26NOS+. The van der Waals surface area contributed by atoms with E-state index in [1.54, 1.807) is 4.90 Å². The van der Waals surface area contributed by atoms with Crippen molar-refractivity contribution in [1.82, 2.24) is 0 Å². The molecule has 0 saturated carbocycles. The summed E-state index contributed by atoms with van der Waals surface area (Å²) in [5.74, 6) is 1.03. The normalized spacial score (nSPS) is 17.0. The summed E-state index contributed by atoms with van der Waals surface area (Å²) in [5.41, 5.74) is 4.37. The van der Waals surface area contributed by atoms with E-state index in [-0.39, 0.29) is 0 Å². The lowest BCUT2D eigenvalue weighted by Crippen LogP contribution is -3.12. The third kappa shape index (κ3) is 5.10. The van der Waals surface area contributed by atoms with Crippen LogP contribution in [0.5, 0.6) is 0 Å². The molecule has 2 aromatic carbocycles. The van der Waals surface area contributed by atoms with E-state index in [9.17, 15) is 0 Å². The Hall–Kier alpha value is -1.29. The van der Waals surface area contributed by atoms with Crippen LogP contribution in [0.2, 0.25) is 0 Å². The predicted molar refractivity (Wildman–Crippen MR) is 97.3 cm³/mol. The molecule has 23 heavy (non-hydrogen) atoms. The maximum absolute atomic E-state index is 5.83. The topological polar surface area (TPSA) is 13.7 Å². The van der Waals surface area contributed by atoms with Crippen LogP contribution in [0.4, 0.5) is 0 Å². The highest BCUT2D eigenvalue weighted by Crippen LogP contribution is 2.17. The standard InChI is InChI=1S/C20H25NOS/c1-17-6-8-20(9-7-17)23-15-14-22-13-12-21-11-10-18-4-2-3-5-19(18)16-21/h2-9H,10-16H2,1H3/p+1. The van der Waals surface area contributed by atoms with Gasteiger partial charge in [-0.05, 0) is 24.6 Å². The summed E-state index contributed by atoms with van der Waals surface area (Å²) >= 11 is 1.87. The van der Waals surface area contributed by atoms with Crippen LogP contribution in [0.25, 0.3) is 0 Å². The molecule has 0 aliphatic carbocycles. The Bertz CT molecular complexity index is 611. The van der Waals surface area contributed by atoms with Crippen molar-refractivity contribution in [3.63, 3.8) is 0 Å². The Morgan fingerprint density at radius 3 is 2.61 bits per heavy atom. The lowest BCUT2D eigenvalue weighted by molar-refractivity contribution is -0.916. The second-order valence-corrected chi connectivity index (χ2v) is 7.39. The zero-order chi connectivity index (χ0) is 15.9. The summed E-state index contributed by atoms with van der Waals surface area (Å²) in [6, 6.07) is 17.6. The largest absolute Gasteiger partial charge is 0.375 e. The Morgan fingerprint density at radius 1 is 1.00 bits per heavy atom. The van der Waals surface area contributed by atoms with Crippen LogP contribution < -0.4 is 4.90 Å². The number of fused-ring (bicyclic) bond motifs is 1. The van der Waals surface area contributed by atoms with Gasteiger partial charge in [0.15, 0.2) is 0 Å². The molecule has 1 heterocycles. The van der Waals surface area contributed by atoms with Crippen molar-refractivity contribution in [3.05, 3.63) is 65.2 Å². The average molecular weight is 329 g/mol. The minimum Gasteiger partial charge on any atom is -0.375 e. The van der Waals surface area contributed by atoms with E-state index in [2.05, 4.69) is 55.5 Å². The summed E-state index contributed by atoms with van der Waals surface area (Å²) in [5, 5.41) is 0. The van der Waals surface area contributed by atoms with Crippen LogP contribution in [0.15, 0.2) is 53.4 Å². The van der Waals surface area contributed by atoms with E-state index in [0.717, 1.165) is 32.1 Å². The first kappa shape index (κ1) is 16.6. The van der Waals surface area contributed by atoms with E-state index < -0.39 is 0 Å². The number of nitrogens with one attached hydrogen (secondary N) is 1. The quantitative estimate of drug-likeness (QED) is 0.620. The molecule has 1 N–H and O–H groups in total. The van der Waals surface area contributed by atoms with Gasteiger partial charge in [-0.1, -0.05) is 42.0 Å². The number of thioether (sulfide) groups is 1. The number of benzene rings is 2. The highest BCUT2D eigenvalue weighted by Gasteiger charge is 2.18. The third-order valence-corrected chi connectivity index (χ3v) is 5.40. The smallest absolute Gasteiger partial charge is 0.103 e. The Balaban J connectivity index is 1.29. The first-order chi connectivity index (χ1) is 11.3. The molecule has 122 valence electrons. The van der Waals surface area contributed by atoms with E-state index >= 15 is 0 Å². The van der Waals surface area contributed by atoms with Gasteiger partial charge in [-0.25, -0.2) is 0 Å². The molecule has 3 heteroatoms. The summed E-state index contributed by atoms with van der Waals surface area (Å²) in [6.45, 7) is 7.33. The van der Waals surface area contributed by atoms with Gasteiger partial charge in [-0.2, -0.15) is 0 Å². The van der Waals surface area contributed by atoms with Crippen LogP contribution in [0.1, 0.15) is 16.7 Å². The summed E-state index contributed by atoms with van der Waals surface area (Å²) in [6.07, 6.45) is 1.20. The maximum atomic E-state index is 5.83. The average Bonchev–Trinajstić information content (AvgIpc) is 2.59. The zero-order valence-corrected chi connectivity index (χ0v) is 14.7. The number of hydrogen-bond acceptors (Lipinski definition) is 2. The predicted octanol–water partition coefficient (Wildman–Crippen LogP) is 2.74. The van der Waals surface area contributed by atoms with Crippen molar-refractivity contribution >= 4 is 11.8 Å². The van der Waals surface area contributed by atoms with Crippen molar-refractivity contribution in [2.75, 3.05) is 32.1 Å². The van der Waals surface area contributed by atoms with Gasteiger partial charge in [-0.3, -0.25) is 0 Å². The lowest BCUT2D eigenvalue weighted by atomic mass is 10.0. The van der Waals surface area contributed by atoms with Crippen LogP contribution in [0, 0.1) is 6.92 Å². The van der Waals surface area contributed by atoms with E-state index in [1.807, 2.05) is 11.8 Å². The van der Waals surface area contributed by atoms with E-state index in [4.69, 9.17) is 4.74 Å². The second kappa shape index (κ2) is 8.53. The van der Waals surface area contributed by atoms with Crippen molar-refractivity contribution in [2.24, 2.45) is 0 Å². The number of ether oxygens (including phenoxy) is 1. The number of rotatable bonds is 7. The molecule has 3 rings (SSSR count). The molecule has 0 amide bonds. The highest BCUT2D eigenvalue weighted by atomic mass is 32.2. The Labute approximate surface area is 143 Å². The minimum atomic E-state index is 0.836. The zero-order valence-electron chi connectivity index (χ0n) is 13.9. The molecule has 2 aromatic rings. The molecule has 0 fully saturated rings. The fraction of sp³-hybridized carbons (Fsp3) is 0.400. The van der Waals surface area contributed by atoms with Gasteiger partial charge in [0, 0.05) is 22.6 Å². The molecule has 1 aliphatic heterocycles. The SMILES string of the molecule is Cc1ccc(SCCOCC[NH+]2CCc3ccccc3C2)cc1. The second-order valence-electron chi connectivity index (χ2n) is 6.22. The van der Waals surface area contributed by atoms with Crippen LogP contribution in [0.3, 0.4) is 0 Å². The first-order valence-corrected chi connectivity index (χ1v) is 9.47. The van der Waals surface area contributed by atoms with E-state index in [0.29, 0.717) is 0 Å².